The van der Waals surface area contributed by atoms with Gasteiger partial charge in [-0.3, -0.25) is 9.59 Å². The fourth-order valence-electron chi connectivity index (χ4n) is 4.76. The van der Waals surface area contributed by atoms with Crippen LogP contribution in [0, 0.1) is 0 Å². The Morgan fingerprint density at radius 1 is 0.921 bits per heavy atom. The molecule has 0 spiro atoms. The van der Waals surface area contributed by atoms with E-state index in [1.165, 1.54) is 27.4 Å². The summed E-state index contributed by atoms with van der Waals surface area (Å²) in [7, 11) is -3.91. The van der Waals surface area contributed by atoms with E-state index in [2.05, 4.69) is 0 Å². The molecule has 1 saturated heterocycles. The molecule has 8 nitrogen and oxygen atoms in total. The van der Waals surface area contributed by atoms with E-state index in [1.54, 1.807) is 24.3 Å². The number of carbonyl (C=O) groups excluding carboxylic acids is 2. The first kappa shape index (κ1) is 25.9. The van der Waals surface area contributed by atoms with Crippen LogP contribution in [0.2, 0.25) is 0 Å². The largest absolute Gasteiger partial charge is 0.492 e. The molecule has 0 aromatic heterocycles. The topological polar surface area (TPSA) is 93.2 Å². The third-order valence-electron chi connectivity index (χ3n) is 6.67. The molecule has 198 valence electrons. The van der Waals surface area contributed by atoms with Gasteiger partial charge in [0.2, 0.25) is 10.0 Å². The molecule has 3 aromatic carbocycles. The predicted octanol–water partition coefficient (Wildman–Crippen LogP) is 4.00. The molecular weight excluding hydrogens is 510 g/mol. The lowest BCUT2D eigenvalue weighted by Gasteiger charge is -2.24. The Hall–Kier alpha value is -3.76. The number of fused-ring (bicyclic) bond motifs is 1. The maximum Gasteiger partial charge on any atom is 0.299 e. The molecule has 2 heterocycles. The highest BCUT2D eigenvalue weighted by Gasteiger charge is 2.40. The van der Waals surface area contributed by atoms with Gasteiger partial charge in [0.25, 0.3) is 11.7 Å². The average Bonchev–Trinajstić information content (AvgIpc) is 3.51. The molecule has 3 aromatic rings. The van der Waals surface area contributed by atoms with E-state index < -0.39 is 28.4 Å². The number of para-hydroxylation sites is 1. The van der Waals surface area contributed by atoms with Gasteiger partial charge < -0.3 is 14.4 Å². The number of nitrogens with zero attached hydrogens (tertiary/aromatic N) is 2. The monoisotopic (exact) mass is 537 g/mol. The first-order chi connectivity index (χ1) is 18.4. The smallest absolute Gasteiger partial charge is 0.299 e. The Balaban J connectivity index is 1.33. The second-order valence-corrected chi connectivity index (χ2v) is 11.0. The van der Waals surface area contributed by atoms with Crippen molar-refractivity contribution < 1.29 is 31.9 Å². The molecule has 1 amide bonds. The molecular formula is C28H27FN2O6S. The summed E-state index contributed by atoms with van der Waals surface area (Å²) in [5.41, 5.74) is 1.17. The number of benzene rings is 3. The third kappa shape index (κ3) is 5.14. The van der Waals surface area contributed by atoms with Gasteiger partial charge in [-0.25, -0.2) is 12.8 Å². The zero-order valence-corrected chi connectivity index (χ0v) is 21.4. The minimum atomic E-state index is -3.91. The Kier molecular flexibility index (Phi) is 7.44. The fraction of sp³-hybridized carbons (Fsp3) is 0.286. The number of carbonyl (C=O) groups is 2. The van der Waals surface area contributed by atoms with Gasteiger partial charge >= 0.3 is 0 Å². The number of alkyl halides is 1. The number of hydrogen-bond donors (Lipinski definition) is 0. The van der Waals surface area contributed by atoms with Gasteiger partial charge in [-0.05, 0) is 60.9 Å². The minimum Gasteiger partial charge on any atom is -0.492 e. The number of amides is 1. The Labute approximate surface area is 220 Å². The van der Waals surface area contributed by atoms with E-state index in [0.717, 1.165) is 5.56 Å². The highest BCUT2D eigenvalue weighted by Crippen LogP contribution is 2.35. The van der Waals surface area contributed by atoms with Crippen LogP contribution in [0.15, 0.2) is 77.7 Å². The summed E-state index contributed by atoms with van der Waals surface area (Å²) in [5.74, 6) is -0.298. The van der Waals surface area contributed by atoms with E-state index in [9.17, 15) is 22.4 Å². The second kappa shape index (κ2) is 10.9. The highest BCUT2D eigenvalue weighted by atomic mass is 32.2. The quantitative estimate of drug-likeness (QED) is 0.363. The van der Waals surface area contributed by atoms with Crippen molar-refractivity contribution in [2.75, 3.05) is 31.3 Å². The molecule has 0 bridgehead atoms. The van der Waals surface area contributed by atoms with E-state index in [4.69, 9.17) is 9.47 Å². The molecule has 0 radical (unpaired) electrons. The zero-order valence-electron chi connectivity index (χ0n) is 20.6. The molecule has 10 heteroatoms. The molecule has 2 aliphatic heterocycles. The van der Waals surface area contributed by atoms with Crippen molar-refractivity contribution in [3.8, 4) is 11.5 Å². The highest BCUT2D eigenvalue weighted by molar-refractivity contribution is 7.89. The third-order valence-corrected chi connectivity index (χ3v) is 8.62. The summed E-state index contributed by atoms with van der Waals surface area (Å²) in [6.45, 7) is 0.0527. The normalized spacial score (nSPS) is 17.6. The van der Waals surface area contributed by atoms with E-state index in [0.29, 0.717) is 36.6 Å². The first-order valence-electron chi connectivity index (χ1n) is 12.4. The molecule has 0 N–H and O–H groups in total. The Morgan fingerprint density at radius 3 is 2.39 bits per heavy atom. The predicted molar refractivity (Wildman–Crippen MR) is 139 cm³/mol. The lowest BCUT2D eigenvalue weighted by molar-refractivity contribution is -0.114. The lowest BCUT2D eigenvalue weighted by Crippen LogP contribution is -2.39. The molecule has 5 rings (SSSR count). The standard InChI is InChI=1S/C28H27FN2O6S/c29-14-16-36-23-10-8-20(9-11-23)18-30-26-13-12-24(17-25(26)27(32)28(30)33)38(34,35)31-15-4-5-21(31)19-37-22-6-2-1-3-7-22/h1-3,6-13,17,21H,4-5,14-16,18-19H2/t21-/m0/s1/i29-1. The van der Waals surface area contributed by atoms with Crippen LogP contribution in [-0.4, -0.2) is 56.9 Å². The summed E-state index contributed by atoms with van der Waals surface area (Å²) in [6, 6.07) is 19.9. The van der Waals surface area contributed by atoms with E-state index in [-0.39, 0.29) is 36.3 Å². The molecule has 1 atom stereocenters. The Morgan fingerprint density at radius 2 is 1.66 bits per heavy atom. The van der Waals surface area contributed by atoms with Gasteiger partial charge in [0.15, 0.2) is 0 Å². The maximum atomic E-state index is 13.5. The van der Waals surface area contributed by atoms with Crippen LogP contribution in [0.1, 0.15) is 28.8 Å². The van der Waals surface area contributed by atoms with Crippen molar-refractivity contribution in [1.29, 1.82) is 0 Å². The summed E-state index contributed by atoms with van der Waals surface area (Å²) in [4.78, 5) is 26.9. The van der Waals surface area contributed by atoms with Gasteiger partial charge in [0.1, 0.15) is 31.4 Å². The van der Waals surface area contributed by atoms with Crippen molar-refractivity contribution in [2.24, 2.45) is 0 Å². The average molecular weight is 538 g/mol. The Bertz CT molecular complexity index is 1430. The maximum absolute atomic E-state index is 13.5. The van der Waals surface area contributed by atoms with E-state index >= 15 is 0 Å². The van der Waals surface area contributed by atoms with Crippen LogP contribution >= 0.6 is 0 Å². The van der Waals surface area contributed by atoms with Gasteiger partial charge in [0, 0.05) is 6.54 Å². The van der Waals surface area contributed by atoms with Gasteiger partial charge in [0.05, 0.1) is 28.7 Å². The van der Waals surface area contributed by atoms with Gasteiger partial charge in [-0.15, -0.1) is 0 Å². The number of anilines is 1. The zero-order chi connectivity index (χ0) is 26.7. The number of rotatable bonds is 10. The first-order valence-corrected chi connectivity index (χ1v) is 13.8. The van der Waals surface area contributed by atoms with Crippen molar-refractivity contribution in [3.63, 3.8) is 0 Å². The van der Waals surface area contributed by atoms with Gasteiger partial charge in [-0.1, -0.05) is 30.3 Å². The van der Waals surface area contributed by atoms with Crippen LogP contribution in [0.25, 0.3) is 0 Å². The summed E-state index contributed by atoms with van der Waals surface area (Å²) >= 11 is 0. The van der Waals surface area contributed by atoms with Gasteiger partial charge in [-0.2, -0.15) is 4.31 Å². The fourth-order valence-corrected chi connectivity index (χ4v) is 6.47. The summed E-state index contributed by atoms with van der Waals surface area (Å²) < 4.78 is 51.9. The number of ether oxygens (including phenoxy) is 2. The molecule has 38 heavy (non-hydrogen) atoms. The number of Topliss-reactive ketones (excluding diaryl/α,β-unsaturated/α-hetero) is 1. The summed E-state index contributed by atoms with van der Waals surface area (Å²) in [6.07, 6.45) is 1.37. The van der Waals surface area contributed by atoms with Crippen LogP contribution in [0.3, 0.4) is 0 Å². The number of ketones is 1. The second-order valence-electron chi connectivity index (χ2n) is 9.12. The van der Waals surface area contributed by atoms with Crippen LogP contribution in [-0.2, 0) is 21.4 Å². The summed E-state index contributed by atoms with van der Waals surface area (Å²) in [5, 5.41) is 0. The SMILES string of the molecule is O=C1C(=O)N(Cc2ccc(OCC[18F])cc2)c2ccc(S(=O)(=O)N3CCC[C@H]3COc3ccccc3)cc21. The molecule has 0 saturated carbocycles. The van der Waals surface area contributed by atoms with Crippen LogP contribution in [0.4, 0.5) is 10.1 Å². The number of sulfonamides is 1. The van der Waals surface area contributed by atoms with Crippen LogP contribution < -0.4 is 14.4 Å². The number of hydrogen-bond acceptors (Lipinski definition) is 6. The van der Waals surface area contributed by atoms with Crippen LogP contribution in [0.5, 0.6) is 11.5 Å². The molecule has 2 aliphatic rings. The van der Waals surface area contributed by atoms with Crippen molar-refractivity contribution in [3.05, 3.63) is 83.9 Å². The van der Waals surface area contributed by atoms with E-state index in [1.807, 2.05) is 30.3 Å². The van der Waals surface area contributed by atoms with Crippen molar-refractivity contribution in [2.45, 2.75) is 30.3 Å². The lowest BCUT2D eigenvalue weighted by atomic mass is 10.1. The van der Waals surface area contributed by atoms with Crippen molar-refractivity contribution >= 4 is 27.4 Å². The molecule has 1 fully saturated rings. The van der Waals surface area contributed by atoms with Crippen molar-refractivity contribution in [1.82, 2.24) is 4.31 Å². The minimum absolute atomic E-state index is 0.0276. The molecule has 0 unspecified atom stereocenters. The molecule has 0 aliphatic carbocycles. The number of halogens is 1.